The zero-order chi connectivity index (χ0) is 8.39. The van der Waals surface area contributed by atoms with Crippen molar-refractivity contribution in [1.82, 2.24) is 10.3 Å². The number of hydrogen-bond acceptors (Lipinski definition) is 3. The first-order valence-corrected chi connectivity index (χ1v) is 4.24. The number of nitrogens with one attached hydrogen (secondary N) is 2. The van der Waals surface area contributed by atoms with E-state index in [-0.39, 0.29) is 0 Å². The summed E-state index contributed by atoms with van der Waals surface area (Å²) in [5.41, 5.74) is 2.54. The highest BCUT2D eigenvalue weighted by atomic mass is 15.0. The van der Waals surface area contributed by atoms with Crippen LogP contribution in [0.1, 0.15) is 11.5 Å². The molecule has 3 nitrogen and oxygen atoms in total. The quantitative estimate of drug-likeness (QED) is 0.677. The van der Waals surface area contributed by atoms with Crippen molar-refractivity contribution in [2.75, 3.05) is 25.5 Å². The predicted octanol–water partition coefficient (Wildman–Crippen LogP) is 0.810. The van der Waals surface area contributed by atoms with E-state index >= 15 is 0 Å². The molecule has 1 aliphatic heterocycles. The molecule has 12 heavy (non-hydrogen) atoms. The highest BCUT2D eigenvalue weighted by Crippen LogP contribution is 2.25. The molecule has 0 aliphatic carbocycles. The highest BCUT2D eigenvalue weighted by Gasteiger charge is 2.21. The van der Waals surface area contributed by atoms with Gasteiger partial charge in [-0.3, -0.25) is 4.98 Å². The Labute approximate surface area is 72.2 Å². The lowest BCUT2D eigenvalue weighted by Gasteiger charge is -2.28. The highest BCUT2D eigenvalue weighted by molar-refractivity contribution is 5.51. The van der Waals surface area contributed by atoms with E-state index in [1.165, 1.54) is 11.3 Å². The van der Waals surface area contributed by atoms with E-state index in [2.05, 4.69) is 15.6 Å². The van der Waals surface area contributed by atoms with Gasteiger partial charge < -0.3 is 10.6 Å². The molecule has 1 aromatic rings. The maximum atomic E-state index is 4.13. The zero-order valence-electron chi connectivity index (χ0n) is 7.17. The fourth-order valence-corrected chi connectivity index (χ4v) is 1.47. The minimum atomic E-state index is 0.654. The summed E-state index contributed by atoms with van der Waals surface area (Å²) in [7, 11) is 1.95. The van der Waals surface area contributed by atoms with Crippen LogP contribution >= 0.6 is 0 Å². The molecule has 2 heterocycles. The Kier molecular flexibility index (Phi) is 1.96. The summed E-state index contributed by atoms with van der Waals surface area (Å²) in [5.74, 6) is 0.654. The number of anilines is 1. The monoisotopic (exact) mass is 163 g/mol. The van der Waals surface area contributed by atoms with E-state index in [1.807, 2.05) is 25.5 Å². The standard InChI is InChI=1S/C9H13N3/c1-10-9-2-3-11-6-8(9)7-4-12-5-7/h2-3,6-7,12H,4-5H2,1H3,(H,10,11). The fraction of sp³-hybridized carbons (Fsp3) is 0.444. The summed E-state index contributed by atoms with van der Waals surface area (Å²) < 4.78 is 0. The summed E-state index contributed by atoms with van der Waals surface area (Å²) in [5, 5.41) is 6.43. The lowest BCUT2D eigenvalue weighted by Crippen LogP contribution is -2.40. The van der Waals surface area contributed by atoms with E-state index in [4.69, 9.17) is 0 Å². The van der Waals surface area contributed by atoms with Crippen molar-refractivity contribution in [2.45, 2.75) is 5.92 Å². The molecule has 0 bridgehead atoms. The number of hydrogen-bond donors (Lipinski definition) is 2. The van der Waals surface area contributed by atoms with Crippen LogP contribution in [0.3, 0.4) is 0 Å². The SMILES string of the molecule is CNc1ccncc1C1CNC1. The van der Waals surface area contributed by atoms with Crippen LogP contribution in [0.2, 0.25) is 0 Å². The number of aromatic nitrogens is 1. The molecule has 0 saturated carbocycles. The molecule has 2 rings (SSSR count). The van der Waals surface area contributed by atoms with Gasteiger partial charge in [0, 0.05) is 44.1 Å². The number of rotatable bonds is 2. The van der Waals surface area contributed by atoms with Crippen LogP contribution in [-0.4, -0.2) is 25.1 Å². The molecule has 0 atom stereocenters. The molecule has 1 aliphatic rings. The van der Waals surface area contributed by atoms with Crippen molar-refractivity contribution in [3.63, 3.8) is 0 Å². The smallest absolute Gasteiger partial charge is 0.0404 e. The number of nitrogens with zero attached hydrogens (tertiary/aromatic N) is 1. The largest absolute Gasteiger partial charge is 0.388 e. The van der Waals surface area contributed by atoms with Crippen molar-refractivity contribution in [2.24, 2.45) is 0 Å². The first-order valence-electron chi connectivity index (χ1n) is 4.24. The van der Waals surface area contributed by atoms with E-state index in [1.54, 1.807) is 0 Å². The Morgan fingerprint density at radius 1 is 1.58 bits per heavy atom. The van der Waals surface area contributed by atoms with Crippen molar-refractivity contribution >= 4 is 5.69 Å². The van der Waals surface area contributed by atoms with E-state index in [9.17, 15) is 0 Å². The van der Waals surface area contributed by atoms with Gasteiger partial charge in [0.15, 0.2) is 0 Å². The minimum Gasteiger partial charge on any atom is -0.388 e. The summed E-state index contributed by atoms with van der Waals surface area (Å²) in [6.07, 6.45) is 3.78. The predicted molar refractivity (Wildman–Crippen MR) is 49.4 cm³/mol. The van der Waals surface area contributed by atoms with Crippen molar-refractivity contribution in [1.29, 1.82) is 0 Å². The van der Waals surface area contributed by atoms with Gasteiger partial charge >= 0.3 is 0 Å². The van der Waals surface area contributed by atoms with Crippen LogP contribution in [0.15, 0.2) is 18.5 Å². The topological polar surface area (TPSA) is 37.0 Å². The van der Waals surface area contributed by atoms with Crippen molar-refractivity contribution in [3.8, 4) is 0 Å². The molecule has 0 aromatic carbocycles. The van der Waals surface area contributed by atoms with Gasteiger partial charge in [0.25, 0.3) is 0 Å². The molecule has 0 amide bonds. The van der Waals surface area contributed by atoms with Gasteiger partial charge in [-0.1, -0.05) is 0 Å². The van der Waals surface area contributed by atoms with Gasteiger partial charge in [0.1, 0.15) is 0 Å². The molecule has 64 valence electrons. The Hall–Kier alpha value is -1.09. The molecule has 1 aromatic heterocycles. The average Bonchev–Trinajstić information content (AvgIpc) is 2.02. The first kappa shape index (κ1) is 7.55. The van der Waals surface area contributed by atoms with Gasteiger partial charge in [0.2, 0.25) is 0 Å². The third-order valence-corrected chi connectivity index (χ3v) is 2.34. The van der Waals surface area contributed by atoms with Gasteiger partial charge in [-0.15, -0.1) is 0 Å². The maximum Gasteiger partial charge on any atom is 0.0404 e. The second kappa shape index (κ2) is 3.11. The average molecular weight is 163 g/mol. The van der Waals surface area contributed by atoms with E-state index in [0.29, 0.717) is 5.92 Å². The summed E-state index contributed by atoms with van der Waals surface area (Å²) >= 11 is 0. The van der Waals surface area contributed by atoms with Crippen LogP contribution < -0.4 is 10.6 Å². The summed E-state index contributed by atoms with van der Waals surface area (Å²) in [4.78, 5) is 4.13. The van der Waals surface area contributed by atoms with E-state index < -0.39 is 0 Å². The molecule has 2 N–H and O–H groups in total. The Bertz CT molecular complexity index is 268. The normalized spacial score (nSPS) is 17.1. The van der Waals surface area contributed by atoms with Gasteiger partial charge in [-0.2, -0.15) is 0 Å². The Morgan fingerprint density at radius 3 is 3.00 bits per heavy atom. The molecule has 3 heteroatoms. The van der Waals surface area contributed by atoms with Crippen LogP contribution in [0.4, 0.5) is 5.69 Å². The van der Waals surface area contributed by atoms with Crippen LogP contribution in [0.25, 0.3) is 0 Å². The zero-order valence-corrected chi connectivity index (χ0v) is 7.17. The molecule has 0 unspecified atom stereocenters. The van der Waals surface area contributed by atoms with Crippen molar-refractivity contribution in [3.05, 3.63) is 24.0 Å². The Morgan fingerprint density at radius 2 is 2.42 bits per heavy atom. The van der Waals surface area contributed by atoms with Gasteiger partial charge in [-0.25, -0.2) is 0 Å². The molecule has 0 spiro atoms. The summed E-state index contributed by atoms with van der Waals surface area (Å²) in [6.45, 7) is 2.17. The Balaban J connectivity index is 2.27. The van der Waals surface area contributed by atoms with Crippen molar-refractivity contribution < 1.29 is 0 Å². The second-order valence-electron chi connectivity index (χ2n) is 3.07. The lowest BCUT2D eigenvalue weighted by molar-refractivity contribution is 0.448. The molecule has 1 saturated heterocycles. The van der Waals surface area contributed by atoms with Gasteiger partial charge in [0.05, 0.1) is 0 Å². The first-order chi connectivity index (χ1) is 5.92. The second-order valence-corrected chi connectivity index (χ2v) is 3.07. The van der Waals surface area contributed by atoms with E-state index in [0.717, 1.165) is 13.1 Å². The third kappa shape index (κ3) is 1.16. The fourth-order valence-electron chi connectivity index (χ4n) is 1.47. The van der Waals surface area contributed by atoms with Crippen LogP contribution in [0.5, 0.6) is 0 Å². The lowest BCUT2D eigenvalue weighted by atomic mass is 9.94. The van der Waals surface area contributed by atoms with Crippen LogP contribution in [0, 0.1) is 0 Å². The number of pyridine rings is 1. The minimum absolute atomic E-state index is 0.654. The van der Waals surface area contributed by atoms with Gasteiger partial charge in [-0.05, 0) is 11.6 Å². The van der Waals surface area contributed by atoms with Crippen LogP contribution in [-0.2, 0) is 0 Å². The molecule has 1 fully saturated rings. The molecule has 0 radical (unpaired) electrons. The molecular weight excluding hydrogens is 150 g/mol. The summed E-state index contributed by atoms with van der Waals surface area (Å²) in [6, 6.07) is 2.02. The third-order valence-electron chi connectivity index (χ3n) is 2.34. The maximum absolute atomic E-state index is 4.13. The molecular formula is C9H13N3.